The molecule has 0 fully saturated rings. The zero-order valence-corrected chi connectivity index (χ0v) is 11.1. The van der Waals surface area contributed by atoms with Crippen molar-refractivity contribution in [2.24, 2.45) is 0 Å². The Morgan fingerprint density at radius 2 is 2.00 bits per heavy atom. The third kappa shape index (κ3) is 7.23. The molecule has 86 valence electrons. The number of amides is 2. The van der Waals surface area contributed by atoms with E-state index in [2.05, 4.69) is 24.4 Å². The molecule has 0 bridgehead atoms. The second-order valence-corrected chi connectivity index (χ2v) is 4.98. The van der Waals surface area contributed by atoms with E-state index in [0.717, 1.165) is 5.32 Å². The fourth-order valence-electron chi connectivity index (χ4n) is 0.946. The summed E-state index contributed by atoms with van der Waals surface area (Å²) < 4.78 is 2.94. The maximum atomic E-state index is 11.6. The van der Waals surface area contributed by atoms with Gasteiger partial charge in [0.25, 0.3) is 0 Å². The molecule has 0 aromatic heterocycles. The molecule has 0 spiro atoms. The van der Waals surface area contributed by atoms with Gasteiger partial charge in [-0.1, -0.05) is 0 Å². The molecule has 0 aromatic rings. The normalized spacial score (nSPS) is 9.40. The summed E-state index contributed by atoms with van der Waals surface area (Å²) in [5, 5.41) is 1.10. The van der Waals surface area contributed by atoms with Crippen LogP contribution in [-0.4, -0.2) is 39.2 Å². The van der Waals surface area contributed by atoms with Crippen LogP contribution in [0.1, 0.15) is 19.8 Å². The molecule has 0 saturated heterocycles. The number of nitrogens with one attached hydrogen (secondary N) is 1. The molecule has 0 heterocycles. The summed E-state index contributed by atoms with van der Waals surface area (Å²) in [7, 11) is 0. The van der Waals surface area contributed by atoms with E-state index < -0.39 is 0 Å². The van der Waals surface area contributed by atoms with Gasteiger partial charge in [0, 0.05) is 0 Å². The average Bonchev–Trinajstić information content (AvgIpc) is 2.24. The number of nitrogens with zero attached hydrogens (tertiary/aromatic N) is 1. The molecule has 4 heteroatoms. The number of rotatable bonds is 8. The van der Waals surface area contributed by atoms with E-state index in [1.165, 1.54) is 12.8 Å². The van der Waals surface area contributed by atoms with Crippen molar-refractivity contribution in [2.45, 2.75) is 25.1 Å². The first-order valence-electron chi connectivity index (χ1n) is 5.14. The van der Waals surface area contributed by atoms with E-state index in [0.29, 0.717) is 13.1 Å². The molecule has 0 radical (unpaired) electrons. The number of carbonyl (C=O) groups is 1. The molecule has 1 N–H and O–H groups in total. The number of urea groups is 1. The minimum absolute atomic E-state index is 0.00842. The van der Waals surface area contributed by atoms with Crippen molar-refractivity contribution in [1.29, 1.82) is 0 Å². The van der Waals surface area contributed by atoms with Crippen LogP contribution in [0.4, 0.5) is 4.79 Å². The number of hydrogen-bond donors (Lipinski definition) is 1. The van der Waals surface area contributed by atoms with E-state index >= 15 is 0 Å². The van der Waals surface area contributed by atoms with Crippen LogP contribution in [0.25, 0.3) is 0 Å². The third-order valence-electron chi connectivity index (χ3n) is 1.75. The fourth-order valence-corrected chi connectivity index (χ4v) is 2.60. The Morgan fingerprint density at radius 1 is 1.40 bits per heavy atom. The summed E-state index contributed by atoms with van der Waals surface area (Å²) in [5.74, 6) is 0. The van der Waals surface area contributed by atoms with Gasteiger partial charge in [0.2, 0.25) is 0 Å². The van der Waals surface area contributed by atoms with E-state index in [1.807, 2.05) is 0 Å². The Balaban J connectivity index is 3.80. The quantitative estimate of drug-likeness (QED) is 0.411. The zero-order chi connectivity index (χ0) is 11.5. The maximum absolute atomic E-state index is 11.6. The molecule has 0 aliphatic heterocycles. The molecule has 0 aromatic carbocycles. The van der Waals surface area contributed by atoms with Crippen LogP contribution in [0.15, 0.2) is 25.3 Å². The SMILES string of the molecule is C=CCN(CC=C)C(=O)N[Se]CCCC. The molecule has 0 rings (SSSR count). The molecule has 0 saturated carbocycles. The summed E-state index contributed by atoms with van der Waals surface area (Å²) >= 11 is 0.216. The van der Waals surface area contributed by atoms with Crippen molar-refractivity contribution in [2.75, 3.05) is 13.1 Å². The molecular weight excluding hydrogens is 255 g/mol. The number of unbranched alkanes of at least 4 members (excludes halogenated alkanes) is 1. The van der Waals surface area contributed by atoms with Gasteiger partial charge in [-0.25, -0.2) is 0 Å². The number of hydrogen-bond acceptors (Lipinski definition) is 1. The Labute approximate surface area is 99.0 Å². The van der Waals surface area contributed by atoms with Crippen LogP contribution >= 0.6 is 0 Å². The van der Waals surface area contributed by atoms with Crippen molar-refractivity contribution in [3.8, 4) is 0 Å². The molecule has 0 aliphatic rings. The third-order valence-corrected chi connectivity index (χ3v) is 3.45. The fraction of sp³-hybridized carbons (Fsp3) is 0.545. The molecule has 2 amide bonds. The summed E-state index contributed by atoms with van der Waals surface area (Å²) in [6, 6.07) is -0.00842. The van der Waals surface area contributed by atoms with Crippen molar-refractivity contribution in [3.05, 3.63) is 25.3 Å². The van der Waals surface area contributed by atoms with Crippen molar-refractivity contribution >= 4 is 21.2 Å². The summed E-state index contributed by atoms with van der Waals surface area (Å²) in [5.41, 5.74) is 0. The molecule has 0 unspecified atom stereocenters. The van der Waals surface area contributed by atoms with Crippen LogP contribution in [0, 0.1) is 0 Å². The van der Waals surface area contributed by atoms with Gasteiger partial charge in [-0.05, 0) is 0 Å². The molecule has 0 aliphatic carbocycles. The van der Waals surface area contributed by atoms with E-state index in [1.54, 1.807) is 17.1 Å². The number of carbonyl (C=O) groups excluding carboxylic acids is 1. The predicted molar refractivity (Wildman–Crippen MR) is 66.0 cm³/mol. The van der Waals surface area contributed by atoms with Gasteiger partial charge in [0.05, 0.1) is 0 Å². The van der Waals surface area contributed by atoms with E-state index in [9.17, 15) is 4.79 Å². The van der Waals surface area contributed by atoms with Gasteiger partial charge in [0.15, 0.2) is 0 Å². The van der Waals surface area contributed by atoms with Crippen molar-refractivity contribution in [1.82, 2.24) is 9.23 Å². The van der Waals surface area contributed by atoms with Crippen LogP contribution in [0.5, 0.6) is 0 Å². The second kappa shape index (κ2) is 9.81. The summed E-state index contributed by atoms with van der Waals surface area (Å²) in [6.45, 7) is 10.5. The summed E-state index contributed by atoms with van der Waals surface area (Å²) in [6.07, 6.45) is 5.81. The van der Waals surface area contributed by atoms with Crippen molar-refractivity contribution in [3.63, 3.8) is 0 Å². The molecule has 3 nitrogen and oxygen atoms in total. The Hall–Kier alpha value is -0.731. The van der Waals surface area contributed by atoms with Gasteiger partial charge in [-0.15, -0.1) is 0 Å². The van der Waals surface area contributed by atoms with Crippen LogP contribution in [0.3, 0.4) is 0 Å². The van der Waals surface area contributed by atoms with Crippen LogP contribution in [-0.2, 0) is 0 Å². The van der Waals surface area contributed by atoms with Gasteiger partial charge in [-0.3, -0.25) is 0 Å². The van der Waals surface area contributed by atoms with E-state index in [4.69, 9.17) is 0 Å². The zero-order valence-electron chi connectivity index (χ0n) is 9.37. The van der Waals surface area contributed by atoms with Crippen LogP contribution in [0.2, 0.25) is 5.32 Å². The average molecular weight is 275 g/mol. The molecule has 15 heavy (non-hydrogen) atoms. The Bertz CT molecular complexity index is 197. The van der Waals surface area contributed by atoms with Gasteiger partial charge >= 0.3 is 98.7 Å². The topological polar surface area (TPSA) is 32.3 Å². The first-order chi connectivity index (χ1) is 7.26. The van der Waals surface area contributed by atoms with Gasteiger partial charge in [-0.2, -0.15) is 0 Å². The van der Waals surface area contributed by atoms with E-state index in [-0.39, 0.29) is 21.2 Å². The Kier molecular flexibility index (Phi) is 9.33. The monoisotopic (exact) mass is 276 g/mol. The first kappa shape index (κ1) is 14.3. The summed E-state index contributed by atoms with van der Waals surface area (Å²) in [4.78, 5) is 13.3. The van der Waals surface area contributed by atoms with Crippen LogP contribution < -0.4 is 4.33 Å². The van der Waals surface area contributed by atoms with Gasteiger partial charge < -0.3 is 0 Å². The Morgan fingerprint density at radius 3 is 2.47 bits per heavy atom. The molecule has 0 atom stereocenters. The standard InChI is InChI=1S/C11H20N2OSe/c1-4-7-10-15-12-11(14)13(8-5-2)9-6-3/h5-6H,2-4,7-10H2,1H3,(H,12,14). The predicted octanol–water partition coefficient (Wildman–Crippen LogP) is 2.21. The molecular formula is C11H20N2OSe. The van der Waals surface area contributed by atoms with Crippen molar-refractivity contribution < 1.29 is 4.79 Å². The first-order valence-corrected chi connectivity index (χ1v) is 7.21. The second-order valence-electron chi connectivity index (χ2n) is 3.09. The van der Waals surface area contributed by atoms with Gasteiger partial charge in [0.1, 0.15) is 0 Å². The minimum atomic E-state index is -0.00842.